The van der Waals surface area contributed by atoms with E-state index in [2.05, 4.69) is 16.0 Å². The Morgan fingerprint density at radius 3 is 2.26 bits per heavy atom. The van der Waals surface area contributed by atoms with Gasteiger partial charge in [-0.1, -0.05) is 18.7 Å². The van der Waals surface area contributed by atoms with Crippen LogP contribution >= 0.6 is 11.8 Å². The molecule has 0 spiro atoms. The smallest absolute Gasteiger partial charge is 0.319 e. The number of amides is 3. The lowest BCUT2D eigenvalue weighted by molar-refractivity contribution is -0.123. The minimum Gasteiger partial charge on any atom is -0.352 e. The molecule has 5 nitrogen and oxygen atoms in total. The number of thioether (sulfide) groups is 1. The topological polar surface area (TPSA) is 70.2 Å². The third-order valence-corrected chi connectivity index (χ3v) is 3.80. The van der Waals surface area contributed by atoms with Crippen molar-refractivity contribution in [2.45, 2.75) is 49.9 Å². The maximum atomic E-state index is 12.2. The zero-order chi connectivity index (χ0) is 17.4. The highest BCUT2D eigenvalue weighted by molar-refractivity contribution is 7.99. The maximum absolute atomic E-state index is 12.2. The van der Waals surface area contributed by atoms with Crippen LogP contribution in [-0.2, 0) is 4.79 Å². The van der Waals surface area contributed by atoms with Crippen LogP contribution < -0.4 is 16.0 Å². The van der Waals surface area contributed by atoms with E-state index in [-0.39, 0.29) is 11.9 Å². The van der Waals surface area contributed by atoms with Crippen LogP contribution in [0, 0.1) is 0 Å². The van der Waals surface area contributed by atoms with Gasteiger partial charge in [-0.3, -0.25) is 4.79 Å². The minimum atomic E-state index is -2.48. The first-order valence-corrected chi connectivity index (χ1v) is 8.12. The number of carbonyl (C=O) groups excluding carboxylic acids is 2. The van der Waals surface area contributed by atoms with Gasteiger partial charge in [-0.25, -0.2) is 4.79 Å². The maximum Gasteiger partial charge on any atom is 0.319 e. The third kappa shape index (κ3) is 7.32. The number of benzene rings is 1. The van der Waals surface area contributed by atoms with Crippen LogP contribution in [0.1, 0.15) is 27.2 Å². The molecule has 0 saturated carbocycles. The molecule has 1 aromatic rings. The van der Waals surface area contributed by atoms with Gasteiger partial charge in [-0.15, -0.1) is 0 Å². The SMILES string of the molecule is CCC(C)NC(=O)C(C)NC(=O)Nc1ccc(SC(F)F)cc1. The first-order chi connectivity index (χ1) is 10.8. The van der Waals surface area contributed by atoms with Crippen molar-refractivity contribution in [1.29, 1.82) is 0 Å². The van der Waals surface area contributed by atoms with Crippen LogP contribution in [0.5, 0.6) is 0 Å². The van der Waals surface area contributed by atoms with Gasteiger partial charge in [0.2, 0.25) is 5.91 Å². The summed E-state index contributed by atoms with van der Waals surface area (Å²) in [6.45, 7) is 5.41. The molecule has 0 aliphatic heterocycles. The van der Waals surface area contributed by atoms with Gasteiger partial charge in [0, 0.05) is 16.6 Å². The molecule has 0 heterocycles. The number of carbonyl (C=O) groups is 2. The summed E-state index contributed by atoms with van der Waals surface area (Å²) in [6, 6.07) is 4.85. The van der Waals surface area contributed by atoms with Gasteiger partial charge in [0.15, 0.2) is 0 Å². The van der Waals surface area contributed by atoms with Crippen LogP contribution in [0.4, 0.5) is 19.3 Å². The molecule has 0 aliphatic rings. The highest BCUT2D eigenvalue weighted by Crippen LogP contribution is 2.26. The molecule has 0 bridgehead atoms. The third-order valence-electron chi connectivity index (χ3n) is 3.08. The molecule has 1 aromatic carbocycles. The van der Waals surface area contributed by atoms with E-state index in [9.17, 15) is 18.4 Å². The molecule has 0 aliphatic carbocycles. The van der Waals surface area contributed by atoms with Gasteiger partial charge in [0.25, 0.3) is 5.76 Å². The van der Waals surface area contributed by atoms with E-state index in [0.29, 0.717) is 22.3 Å². The summed E-state index contributed by atoms with van der Waals surface area (Å²) in [6.07, 6.45) is 0.799. The fourth-order valence-corrected chi connectivity index (χ4v) is 2.12. The molecule has 23 heavy (non-hydrogen) atoms. The summed E-state index contributed by atoms with van der Waals surface area (Å²) in [7, 11) is 0. The van der Waals surface area contributed by atoms with Crippen LogP contribution in [0.25, 0.3) is 0 Å². The number of rotatable bonds is 7. The number of alkyl halides is 2. The first-order valence-electron chi connectivity index (χ1n) is 7.24. The molecule has 1 rings (SSSR count). The Bertz CT molecular complexity index is 526. The molecule has 3 amide bonds. The van der Waals surface area contributed by atoms with Crippen LogP contribution in [-0.4, -0.2) is 29.8 Å². The minimum absolute atomic E-state index is 0.0368. The van der Waals surface area contributed by atoms with Crippen molar-refractivity contribution in [1.82, 2.24) is 10.6 Å². The summed E-state index contributed by atoms with van der Waals surface area (Å²) in [4.78, 5) is 24.0. The lowest BCUT2D eigenvalue weighted by Crippen LogP contribution is -2.48. The summed E-state index contributed by atoms with van der Waals surface area (Å²) in [5.41, 5.74) is 0.454. The van der Waals surface area contributed by atoms with E-state index in [1.165, 1.54) is 24.3 Å². The summed E-state index contributed by atoms with van der Waals surface area (Å²) in [5.74, 6) is -2.75. The molecule has 128 valence electrons. The molecule has 2 atom stereocenters. The Hall–Kier alpha value is -1.83. The molecule has 0 aromatic heterocycles. The summed E-state index contributed by atoms with van der Waals surface area (Å²) in [5, 5.41) is 7.83. The standard InChI is InChI=1S/C15H21F2N3O2S/c1-4-9(2)18-13(21)10(3)19-15(22)20-11-5-7-12(8-6-11)23-14(16)17/h5-10,14H,4H2,1-3H3,(H,18,21)(H2,19,20,22). The first kappa shape index (κ1) is 19.2. The van der Waals surface area contributed by atoms with Gasteiger partial charge in [0.1, 0.15) is 6.04 Å². The highest BCUT2D eigenvalue weighted by Gasteiger charge is 2.16. The molecular weight excluding hydrogens is 324 g/mol. The molecular formula is C15H21F2N3O2S. The highest BCUT2D eigenvalue weighted by atomic mass is 32.2. The van der Waals surface area contributed by atoms with E-state index >= 15 is 0 Å². The van der Waals surface area contributed by atoms with Crippen LogP contribution in [0.2, 0.25) is 0 Å². The number of halogens is 2. The molecule has 3 N–H and O–H groups in total. The molecule has 0 radical (unpaired) electrons. The number of hydrogen-bond acceptors (Lipinski definition) is 3. The fourth-order valence-electron chi connectivity index (χ4n) is 1.62. The van der Waals surface area contributed by atoms with Gasteiger partial charge < -0.3 is 16.0 Å². The Kier molecular flexibility index (Phi) is 7.80. The number of urea groups is 1. The lowest BCUT2D eigenvalue weighted by Gasteiger charge is -2.17. The van der Waals surface area contributed by atoms with E-state index in [1.54, 1.807) is 6.92 Å². The van der Waals surface area contributed by atoms with Gasteiger partial charge in [-0.2, -0.15) is 8.78 Å². The Morgan fingerprint density at radius 1 is 1.13 bits per heavy atom. The molecule has 2 unspecified atom stereocenters. The van der Waals surface area contributed by atoms with Crippen LogP contribution in [0.3, 0.4) is 0 Å². The van der Waals surface area contributed by atoms with E-state index in [0.717, 1.165) is 6.42 Å². The second-order valence-electron chi connectivity index (χ2n) is 5.04. The Labute approximate surface area is 138 Å². The van der Waals surface area contributed by atoms with Crippen molar-refractivity contribution in [3.8, 4) is 0 Å². The Morgan fingerprint density at radius 2 is 1.74 bits per heavy atom. The van der Waals surface area contributed by atoms with Crippen molar-refractivity contribution in [3.05, 3.63) is 24.3 Å². The molecule has 8 heteroatoms. The van der Waals surface area contributed by atoms with Crippen molar-refractivity contribution < 1.29 is 18.4 Å². The van der Waals surface area contributed by atoms with Crippen molar-refractivity contribution in [3.63, 3.8) is 0 Å². The average Bonchev–Trinajstić information content (AvgIpc) is 2.48. The lowest BCUT2D eigenvalue weighted by atomic mass is 10.2. The normalized spacial score (nSPS) is 13.3. The largest absolute Gasteiger partial charge is 0.352 e. The van der Waals surface area contributed by atoms with E-state index in [4.69, 9.17) is 0 Å². The molecule has 0 fully saturated rings. The predicted molar refractivity (Wildman–Crippen MR) is 87.8 cm³/mol. The van der Waals surface area contributed by atoms with E-state index < -0.39 is 17.8 Å². The van der Waals surface area contributed by atoms with E-state index in [1.807, 2.05) is 13.8 Å². The fraction of sp³-hybridized carbons (Fsp3) is 0.467. The van der Waals surface area contributed by atoms with Gasteiger partial charge in [-0.05, 0) is 44.5 Å². The second-order valence-corrected chi connectivity index (χ2v) is 6.10. The average molecular weight is 345 g/mol. The zero-order valence-electron chi connectivity index (χ0n) is 13.2. The monoisotopic (exact) mass is 345 g/mol. The number of anilines is 1. The van der Waals surface area contributed by atoms with Crippen molar-refractivity contribution >= 4 is 29.4 Å². The number of hydrogen-bond donors (Lipinski definition) is 3. The van der Waals surface area contributed by atoms with Crippen molar-refractivity contribution in [2.75, 3.05) is 5.32 Å². The van der Waals surface area contributed by atoms with Crippen molar-refractivity contribution in [2.24, 2.45) is 0 Å². The second kappa shape index (κ2) is 9.34. The van der Waals surface area contributed by atoms with Crippen LogP contribution in [0.15, 0.2) is 29.2 Å². The molecule has 0 saturated heterocycles. The zero-order valence-corrected chi connectivity index (χ0v) is 14.0. The summed E-state index contributed by atoms with van der Waals surface area (Å²) < 4.78 is 24.4. The quantitative estimate of drug-likeness (QED) is 0.663. The summed E-state index contributed by atoms with van der Waals surface area (Å²) >= 11 is 0.434. The number of nitrogens with one attached hydrogen (secondary N) is 3. The van der Waals surface area contributed by atoms with Gasteiger partial charge >= 0.3 is 6.03 Å². The van der Waals surface area contributed by atoms with Gasteiger partial charge in [0.05, 0.1) is 0 Å². The predicted octanol–water partition coefficient (Wildman–Crippen LogP) is 3.43. The Balaban J connectivity index is 2.48.